The predicted molar refractivity (Wildman–Crippen MR) is 151 cm³/mol. The van der Waals surface area contributed by atoms with Crippen molar-refractivity contribution >= 4 is 29.3 Å². The molecule has 2 fully saturated rings. The van der Waals surface area contributed by atoms with Crippen LogP contribution in [0.2, 0.25) is 5.02 Å². The third-order valence-electron chi connectivity index (χ3n) is 8.89. The van der Waals surface area contributed by atoms with Gasteiger partial charge in [0, 0.05) is 37.8 Å². The van der Waals surface area contributed by atoms with E-state index in [2.05, 4.69) is 5.32 Å². The Morgan fingerprint density at radius 2 is 1.59 bits per heavy atom. The first-order valence-corrected chi connectivity index (χ1v) is 14.3. The second kappa shape index (κ2) is 10.9. The molecule has 3 aromatic rings. The minimum atomic E-state index is -0.854. The third-order valence-corrected chi connectivity index (χ3v) is 9.22. The van der Waals surface area contributed by atoms with Gasteiger partial charge in [0.2, 0.25) is 0 Å². The van der Waals surface area contributed by atoms with E-state index in [9.17, 15) is 23.2 Å². The summed E-state index contributed by atoms with van der Waals surface area (Å²) in [4.78, 5) is 42.8. The molecule has 3 amide bonds. The molecule has 1 N–H and O–H groups in total. The van der Waals surface area contributed by atoms with Gasteiger partial charge in [-0.3, -0.25) is 14.4 Å². The number of carbonyl (C=O) groups is 3. The molecule has 41 heavy (non-hydrogen) atoms. The molecule has 3 aromatic carbocycles. The zero-order valence-corrected chi connectivity index (χ0v) is 23.2. The standard InChI is InChI=1S/C32H30ClF2N3O3/c33-26-4-2-1-3-23(26)29(39)36-28-10-7-20-5-6-21(17-25(20)28)30(40)38-16-13-32(19-38)11-14-37(15-12-32)31(41)24-9-8-22(34)18-27(24)35/h1-6,8-9,17-18,28H,7,10-16,19H2,(H,36,39). The van der Waals surface area contributed by atoms with Gasteiger partial charge in [0.15, 0.2) is 0 Å². The van der Waals surface area contributed by atoms with Gasteiger partial charge < -0.3 is 15.1 Å². The number of carbonyl (C=O) groups excluding carboxylic acids is 3. The number of hydrogen-bond acceptors (Lipinski definition) is 3. The van der Waals surface area contributed by atoms with Gasteiger partial charge in [0.05, 0.1) is 22.2 Å². The summed E-state index contributed by atoms with van der Waals surface area (Å²) < 4.78 is 27.4. The van der Waals surface area contributed by atoms with E-state index in [0.29, 0.717) is 55.2 Å². The van der Waals surface area contributed by atoms with Crippen molar-refractivity contribution in [2.75, 3.05) is 26.2 Å². The molecule has 2 aliphatic heterocycles. The number of hydrogen-bond donors (Lipinski definition) is 1. The molecular formula is C32H30ClF2N3O3. The first-order chi connectivity index (χ1) is 19.7. The van der Waals surface area contributed by atoms with Gasteiger partial charge in [-0.05, 0) is 85.0 Å². The second-order valence-corrected chi connectivity index (χ2v) is 11.8. The van der Waals surface area contributed by atoms with Crippen molar-refractivity contribution < 1.29 is 23.2 Å². The van der Waals surface area contributed by atoms with Crippen LogP contribution in [-0.4, -0.2) is 53.7 Å². The lowest BCUT2D eigenvalue weighted by molar-refractivity contribution is 0.0561. The van der Waals surface area contributed by atoms with E-state index in [1.165, 1.54) is 6.07 Å². The molecule has 2 saturated heterocycles. The first-order valence-electron chi connectivity index (χ1n) is 13.9. The number of rotatable bonds is 4. The van der Waals surface area contributed by atoms with Crippen molar-refractivity contribution in [3.05, 3.63) is 105 Å². The van der Waals surface area contributed by atoms with E-state index in [4.69, 9.17) is 11.6 Å². The maximum atomic E-state index is 14.2. The molecule has 0 bridgehead atoms. The fourth-order valence-electron chi connectivity index (χ4n) is 6.48. The Morgan fingerprint density at radius 1 is 0.854 bits per heavy atom. The number of fused-ring (bicyclic) bond motifs is 1. The molecule has 1 unspecified atom stereocenters. The lowest BCUT2D eigenvalue weighted by Gasteiger charge is -2.39. The van der Waals surface area contributed by atoms with Crippen LogP contribution < -0.4 is 5.32 Å². The predicted octanol–water partition coefficient (Wildman–Crippen LogP) is 5.80. The van der Waals surface area contributed by atoms with Crippen molar-refractivity contribution in [2.24, 2.45) is 5.41 Å². The quantitative estimate of drug-likeness (QED) is 0.426. The van der Waals surface area contributed by atoms with Crippen LogP contribution >= 0.6 is 11.6 Å². The molecule has 6 nitrogen and oxygen atoms in total. The van der Waals surface area contributed by atoms with E-state index in [1.54, 1.807) is 29.2 Å². The fourth-order valence-corrected chi connectivity index (χ4v) is 6.70. The molecule has 2 heterocycles. The van der Waals surface area contributed by atoms with Gasteiger partial charge >= 0.3 is 0 Å². The smallest absolute Gasteiger partial charge is 0.256 e. The van der Waals surface area contributed by atoms with Crippen LogP contribution in [0.25, 0.3) is 0 Å². The topological polar surface area (TPSA) is 69.7 Å². The number of halogens is 3. The summed E-state index contributed by atoms with van der Waals surface area (Å²) >= 11 is 6.21. The second-order valence-electron chi connectivity index (χ2n) is 11.4. The Labute approximate surface area is 242 Å². The van der Waals surface area contributed by atoms with Crippen LogP contribution in [0.15, 0.2) is 60.7 Å². The van der Waals surface area contributed by atoms with Crippen molar-refractivity contribution in [3.63, 3.8) is 0 Å². The van der Waals surface area contributed by atoms with Crippen molar-refractivity contribution in [3.8, 4) is 0 Å². The van der Waals surface area contributed by atoms with E-state index in [-0.39, 0.29) is 28.8 Å². The summed E-state index contributed by atoms with van der Waals surface area (Å²) in [5, 5.41) is 3.48. The first kappa shape index (κ1) is 27.4. The lowest BCUT2D eigenvalue weighted by Crippen LogP contribution is -2.45. The van der Waals surface area contributed by atoms with E-state index >= 15 is 0 Å². The highest BCUT2D eigenvalue weighted by atomic mass is 35.5. The zero-order valence-electron chi connectivity index (χ0n) is 22.5. The Bertz CT molecular complexity index is 1540. The molecule has 212 valence electrons. The third kappa shape index (κ3) is 5.33. The van der Waals surface area contributed by atoms with Gasteiger partial charge in [0.25, 0.3) is 17.7 Å². The number of nitrogens with zero attached hydrogens (tertiary/aromatic N) is 2. The highest BCUT2D eigenvalue weighted by Gasteiger charge is 2.43. The lowest BCUT2D eigenvalue weighted by atomic mass is 9.77. The summed E-state index contributed by atoms with van der Waals surface area (Å²) in [7, 11) is 0. The molecule has 0 radical (unpaired) electrons. The van der Waals surface area contributed by atoms with Crippen molar-refractivity contribution in [1.82, 2.24) is 15.1 Å². The summed E-state index contributed by atoms with van der Waals surface area (Å²) in [5.41, 5.74) is 2.90. The molecule has 6 rings (SSSR count). The minimum absolute atomic E-state index is 0.0420. The minimum Gasteiger partial charge on any atom is -0.345 e. The number of aryl methyl sites for hydroxylation is 1. The molecule has 1 aliphatic carbocycles. The molecule has 9 heteroatoms. The highest BCUT2D eigenvalue weighted by molar-refractivity contribution is 6.33. The largest absolute Gasteiger partial charge is 0.345 e. The number of piperidine rings is 1. The Balaban J connectivity index is 1.09. The van der Waals surface area contributed by atoms with Crippen molar-refractivity contribution in [2.45, 2.75) is 38.1 Å². The Hall–Kier alpha value is -3.78. The number of nitrogens with one attached hydrogen (secondary N) is 1. The SMILES string of the molecule is O=C(NC1CCc2ccc(C(=O)N3CCC4(CCN(C(=O)c5ccc(F)cc5F)CC4)C3)cc21)c1ccccc1Cl. The normalized spacial score (nSPS) is 19.3. The highest BCUT2D eigenvalue weighted by Crippen LogP contribution is 2.41. The molecular weight excluding hydrogens is 548 g/mol. The molecule has 1 spiro atoms. The number of amides is 3. The number of likely N-dealkylation sites (tertiary alicyclic amines) is 2. The maximum Gasteiger partial charge on any atom is 0.256 e. The fraction of sp³-hybridized carbons (Fsp3) is 0.344. The van der Waals surface area contributed by atoms with Crippen molar-refractivity contribution in [1.29, 1.82) is 0 Å². The summed E-state index contributed by atoms with van der Waals surface area (Å²) in [6, 6.07) is 15.5. The van der Waals surface area contributed by atoms with Gasteiger partial charge in [-0.15, -0.1) is 0 Å². The summed E-state index contributed by atoms with van der Waals surface area (Å²) in [6.45, 7) is 2.15. The Kier molecular flexibility index (Phi) is 7.28. The summed E-state index contributed by atoms with van der Waals surface area (Å²) in [6.07, 6.45) is 3.85. The van der Waals surface area contributed by atoms with Gasteiger partial charge in [0.1, 0.15) is 11.6 Å². The average molecular weight is 578 g/mol. The van der Waals surface area contributed by atoms with Crippen LogP contribution in [0.4, 0.5) is 8.78 Å². The maximum absolute atomic E-state index is 14.2. The molecule has 0 saturated carbocycles. The van der Waals surface area contributed by atoms with E-state index in [0.717, 1.165) is 42.5 Å². The van der Waals surface area contributed by atoms with Gasteiger partial charge in [-0.2, -0.15) is 0 Å². The number of benzene rings is 3. The van der Waals surface area contributed by atoms with Gasteiger partial charge in [-0.25, -0.2) is 8.78 Å². The summed E-state index contributed by atoms with van der Waals surface area (Å²) in [5.74, 6) is -2.28. The van der Waals surface area contributed by atoms with E-state index < -0.39 is 17.5 Å². The Morgan fingerprint density at radius 3 is 2.32 bits per heavy atom. The van der Waals surface area contributed by atoms with E-state index in [1.807, 2.05) is 23.1 Å². The molecule has 0 aromatic heterocycles. The van der Waals surface area contributed by atoms with Crippen LogP contribution in [0, 0.1) is 17.0 Å². The van der Waals surface area contributed by atoms with Crippen LogP contribution in [0.1, 0.15) is 73.9 Å². The van der Waals surface area contributed by atoms with Crippen LogP contribution in [0.3, 0.4) is 0 Å². The average Bonchev–Trinajstić information content (AvgIpc) is 3.57. The molecule has 1 atom stereocenters. The monoisotopic (exact) mass is 577 g/mol. The molecule has 3 aliphatic rings. The zero-order chi connectivity index (χ0) is 28.7. The van der Waals surface area contributed by atoms with Crippen LogP contribution in [-0.2, 0) is 6.42 Å². The van der Waals surface area contributed by atoms with Crippen LogP contribution in [0.5, 0.6) is 0 Å². The van der Waals surface area contributed by atoms with Gasteiger partial charge in [-0.1, -0.05) is 29.8 Å².